The Morgan fingerprint density at radius 3 is 2.66 bits per heavy atom. The second-order valence-electron chi connectivity index (χ2n) is 8.88. The minimum Gasteiger partial charge on any atom is -0.376 e. The largest absolute Gasteiger partial charge is 0.376 e. The van der Waals surface area contributed by atoms with Gasteiger partial charge in [0.05, 0.1) is 31.0 Å². The number of hydrogen-bond donors (Lipinski definition) is 2. The van der Waals surface area contributed by atoms with Crippen molar-refractivity contribution in [1.82, 2.24) is 10.3 Å². The highest BCUT2D eigenvalue weighted by Crippen LogP contribution is 2.68. The molecule has 0 unspecified atom stereocenters. The Bertz CT molecular complexity index is 936. The number of aromatic nitrogens is 1. The number of nitrogens with one attached hydrogen (secondary N) is 2. The van der Waals surface area contributed by atoms with Crippen LogP contribution in [0.25, 0.3) is 0 Å². The number of thiophene rings is 1. The maximum absolute atomic E-state index is 13.1. The maximum atomic E-state index is 13.1. The van der Waals surface area contributed by atoms with Crippen molar-refractivity contribution < 1.29 is 14.3 Å². The number of carbonyl (C=O) groups excluding carboxylic acids is 2. The van der Waals surface area contributed by atoms with Gasteiger partial charge in [0.25, 0.3) is 5.91 Å². The summed E-state index contributed by atoms with van der Waals surface area (Å²) in [5.74, 6) is -0.271. The lowest BCUT2D eigenvalue weighted by molar-refractivity contribution is -0.118. The SMILES string of the molecule is CC1(C)C(C(=O)Nc2sc3c(c2C(=O)NCc2ccccn2)CCOC3)C1(C)C. The molecule has 7 heteroatoms. The Morgan fingerprint density at radius 1 is 1.24 bits per heavy atom. The van der Waals surface area contributed by atoms with Gasteiger partial charge in [0.15, 0.2) is 0 Å². The van der Waals surface area contributed by atoms with Crippen molar-refractivity contribution in [2.45, 2.75) is 47.3 Å². The molecule has 0 saturated heterocycles. The van der Waals surface area contributed by atoms with E-state index in [1.165, 1.54) is 11.3 Å². The van der Waals surface area contributed by atoms with Gasteiger partial charge in [-0.05, 0) is 34.9 Å². The molecular weight excluding hydrogens is 386 g/mol. The minimum absolute atomic E-state index is 0.0155. The summed E-state index contributed by atoms with van der Waals surface area (Å²) >= 11 is 1.45. The van der Waals surface area contributed by atoms with E-state index in [1.54, 1.807) is 6.20 Å². The Labute approximate surface area is 175 Å². The van der Waals surface area contributed by atoms with E-state index in [4.69, 9.17) is 4.74 Å². The van der Waals surface area contributed by atoms with E-state index in [9.17, 15) is 9.59 Å². The normalized spacial score (nSPS) is 19.3. The smallest absolute Gasteiger partial charge is 0.254 e. The fourth-order valence-corrected chi connectivity index (χ4v) is 5.54. The molecule has 1 aliphatic carbocycles. The quantitative estimate of drug-likeness (QED) is 0.782. The number of fused-ring (bicyclic) bond motifs is 1. The molecule has 2 N–H and O–H groups in total. The molecule has 4 rings (SSSR count). The lowest BCUT2D eigenvalue weighted by atomic mass is 10.0. The molecule has 2 amide bonds. The molecule has 0 atom stereocenters. The summed E-state index contributed by atoms with van der Waals surface area (Å²) in [6.45, 7) is 9.88. The molecule has 2 aromatic rings. The first-order valence-corrected chi connectivity index (χ1v) is 10.8. The molecule has 1 fully saturated rings. The van der Waals surface area contributed by atoms with E-state index < -0.39 is 0 Å². The average Bonchev–Trinajstić information content (AvgIpc) is 2.95. The first kappa shape index (κ1) is 20.0. The number of nitrogens with zero attached hydrogens (tertiary/aromatic N) is 1. The van der Waals surface area contributed by atoms with Crippen LogP contribution in [0.1, 0.15) is 54.2 Å². The molecule has 2 aromatic heterocycles. The van der Waals surface area contributed by atoms with Crippen molar-refractivity contribution >= 4 is 28.2 Å². The zero-order valence-corrected chi connectivity index (χ0v) is 18.1. The standard InChI is InChI=1S/C22H27N3O3S/c1-21(2)17(22(21,3)4)19(27)25-20-16(14-8-10-28-12-15(14)29-20)18(26)24-11-13-7-5-6-9-23-13/h5-7,9,17H,8,10-12H2,1-4H3,(H,24,26)(H,25,27). The van der Waals surface area contributed by atoms with Gasteiger partial charge < -0.3 is 15.4 Å². The summed E-state index contributed by atoms with van der Waals surface area (Å²) in [6.07, 6.45) is 2.38. The van der Waals surface area contributed by atoms with Gasteiger partial charge in [0.1, 0.15) is 5.00 Å². The third-order valence-corrected chi connectivity index (χ3v) is 7.84. The zero-order valence-electron chi connectivity index (χ0n) is 17.3. The van der Waals surface area contributed by atoms with Gasteiger partial charge in [-0.15, -0.1) is 11.3 Å². The number of hydrogen-bond acceptors (Lipinski definition) is 5. The van der Waals surface area contributed by atoms with Crippen LogP contribution in [0.5, 0.6) is 0 Å². The molecule has 1 saturated carbocycles. The molecule has 0 bridgehead atoms. The average molecular weight is 414 g/mol. The van der Waals surface area contributed by atoms with Gasteiger partial charge in [0, 0.05) is 17.0 Å². The van der Waals surface area contributed by atoms with Crippen molar-refractivity contribution in [2.24, 2.45) is 16.7 Å². The van der Waals surface area contributed by atoms with Crippen LogP contribution in [0.4, 0.5) is 5.00 Å². The summed E-state index contributed by atoms with van der Waals surface area (Å²) in [4.78, 5) is 31.3. The lowest BCUT2D eigenvalue weighted by Crippen LogP contribution is -2.26. The van der Waals surface area contributed by atoms with E-state index in [-0.39, 0.29) is 28.6 Å². The third kappa shape index (κ3) is 3.46. The monoisotopic (exact) mass is 413 g/mol. The Hall–Kier alpha value is -2.25. The Balaban J connectivity index is 1.57. The topological polar surface area (TPSA) is 80.3 Å². The number of ether oxygens (including phenoxy) is 1. The second kappa shape index (κ2) is 7.22. The summed E-state index contributed by atoms with van der Waals surface area (Å²) in [5.41, 5.74) is 2.25. The van der Waals surface area contributed by atoms with E-state index in [2.05, 4.69) is 43.3 Å². The van der Waals surface area contributed by atoms with Crippen LogP contribution in [-0.2, 0) is 29.1 Å². The fourth-order valence-electron chi connectivity index (χ4n) is 4.36. The van der Waals surface area contributed by atoms with E-state index in [0.29, 0.717) is 36.7 Å². The molecule has 0 spiro atoms. The number of carbonyl (C=O) groups is 2. The van der Waals surface area contributed by atoms with Crippen molar-refractivity contribution in [2.75, 3.05) is 11.9 Å². The maximum Gasteiger partial charge on any atom is 0.254 e. The summed E-state index contributed by atoms with van der Waals surface area (Å²) in [7, 11) is 0. The highest BCUT2D eigenvalue weighted by Gasteiger charge is 2.68. The molecule has 154 valence electrons. The van der Waals surface area contributed by atoms with Crippen LogP contribution in [0.15, 0.2) is 24.4 Å². The third-order valence-electron chi connectivity index (χ3n) is 6.72. The molecule has 1 aliphatic heterocycles. The van der Waals surface area contributed by atoms with Gasteiger partial charge in [0.2, 0.25) is 5.91 Å². The first-order valence-electron chi connectivity index (χ1n) is 9.94. The van der Waals surface area contributed by atoms with Crippen LogP contribution in [-0.4, -0.2) is 23.4 Å². The summed E-state index contributed by atoms with van der Waals surface area (Å²) < 4.78 is 5.56. The minimum atomic E-state index is -0.181. The van der Waals surface area contributed by atoms with E-state index in [1.807, 2.05) is 18.2 Å². The van der Waals surface area contributed by atoms with Crippen molar-refractivity contribution in [3.8, 4) is 0 Å². The lowest BCUT2D eigenvalue weighted by Gasteiger charge is -2.14. The van der Waals surface area contributed by atoms with Gasteiger partial charge in [-0.3, -0.25) is 14.6 Å². The number of amides is 2. The van der Waals surface area contributed by atoms with Gasteiger partial charge >= 0.3 is 0 Å². The molecule has 6 nitrogen and oxygen atoms in total. The van der Waals surface area contributed by atoms with Crippen LogP contribution < -0.4 is 10.6 Å². The van der Waals surface area contributed by atoms with Crippen LogP contribution in [0.3, 0.4) is 0 Å². The van der Waals surface area contributed by atoms with E-state index >= 15 is 0 Å². The molecule has 2 aliphatic rings. The van der Waals surface area contributed by atoms with Gasteiger partial charge in [-0.25, -0.2) is 0 Å². The van der Waals surface area contributed by atoms with E-state index in [0.717, 1.165) is 16.1 Å². The Kier molecular flexibility index (Phi) is 4.99. The van der Waals surface area contributed by atoms with Crippen LogP contribution in [0, 0.1) is 16.7 Å². The molecular formula is C22H27N3O3S. The molecule has 0 radical (unpaired) electrons. The predicted molar refractivity (Wildman–Crippen MR) is 113 cm³/mol. The molecule has 3 heterocycles. The van der Waals surface area contributed by atoms with Crippen LogP contribution >= 0.6 is 11.3 Å². The highest BCUT2D eigenvalue weighted by atomic mass is 32.1. The van der Waals surface area contributed by atoms with Crippen molar-refractivity contribution in [3.05, 3.63) is 46.1 Å². The zero-order chi connectivity index (χ0) is 20.8. The number of rotatable bonds is 5. The molecule has 0 aromatic carbocycles. The molecule has 29 heavy (non-hydrogen) atoms. The highest BCUT2D eigenvalue weighted by molar-refractivity contribution is 7.17. The van der Waals surface area contributed by atoms with Gasteiger partial charge in [-0.1, -0.05) is 33.8 Å². The van der Waals surface area contributed by atoms with Gasteiger partial charge in [-0.2, -0.15) is 0 Å². The predicted octanol–water partition coefficient (Wildman–Crippen LogP) is 3.77. The first-order chi connectivity index (χ1) is 13.7. The van der Waals surface area contributed by atoms with Crippen molar-refractivity contribution in [1.29, 1.82) is 0 Å². The summed E-state index contributed by atoms with van der Waals surface area (Å²) in [6, 6.07) is 5.61. The second-order valence-corrected chi connectivity index (χ2v) is 9.99. The number of anilines is 1. The Morgan fingerprint density at radius 2 is 2.00 bits per heavy atom. The summed E-state index contributed by atoms with van der Waals surface area (Å²) in [5, 5.41) is 6.65. The fraction of sp³-hybridized carbons (Fsp3) is 0.500. The number of pyridine rings is 1. The van der Waals surface area contributed by atoms with Crippen molar-refractivity contribution in [3.63, 3.8) is 0 Å². The van der Waals surface area contributed by atoms with Crippen LogP contribution in [0.2, 0.25) is 0 Å².